The Morgan fingerprint density at radius 1 is 1.06 bits per heavy atom. The fourth-order valence-corrected chi connectivity index (χ4v) is 5.02. The van der Waals surface area contributed by atoms with Crippen LogP contribution < -0.4 is 0 Å². The second-order valence-corrected chi connectivity index (χ2v) is 11.8. The first-order valence-electron chi connectivity index (χ1n) is 13.4. The minimum absolute atomic E-state index is 0.0304. The fraction of sp³-hybridized carbons (Fsp3) is 0.700. The molecule has 1 saturated heterocycles. The van der Waals surface area contributed by atoms with Gasteiger partial charge in [-0.3, -0.25) is 14.6 Å². The first-order chi connectivity index (χ1) is 16.7. The zero-order valence-electron chi connectivity index (χ0n) is 23.5. The van der Waals surface area contributed by atoms with Crippen molar-refractivity contribution >= 4 is 17.8 Å². The number of carbonyl (C=O) groups is 2. The first kappa shape index (κ1) is 30.2. The molecule has 0 saturated carbocycles. The Balaban J connectivity index is 2.34. The van der Waals surface area contributed by atoms with E-state index in [1.54, 1.807) is 20.8 Å². The highest BCUT2D eigenvalue weighted by Crippen LogP contribution is 2.33. The number of cyclic esters (lactones) is 1. The largest absolute Gasteiger partial charge is 0.458 e. The second kappa shape index (κ2) is 13.0. The van der Waals surface area contributed by atoms with Gasteiger partial charge in [0.15, 0.2) is 0 Å². The molecule has 2 rings (SSSR count). The standard InChI is InChI=1S/C30H47NO5/c1-18-12-13-24(31-17-18)14-22(5)25-15-21(4)19(2)10-9-11-20(3)28(34)23(6)29(35)30(7,8)26(32)16-27(33)36-25/h12-14,17,19-21,23,25-26,28,32,34H,9-11,15-16H2,1-8H3/b22-14+/t19-,20-,21?,23+,25?,26-,28-/m0/s1. The molecule has 2 unspecified atom stereocenters. The predicted molar refractivity (Wildman–Crippen MR) is 143 cm³/mol. The van der Waals surface area contributed by atoms with Crippen LogP contribution in [0.1, 0.15) is 91.8 Å². The lowest BCUT2D eigenvalue weighted by atomic mass is 9.73. The van der Waals surface area contributed by atoms with Crippen LogP contribution in [0.5, 0.6) is 0 Å². The summed E-state index contributed by atoms with van der Waals surface area (Å²) in [7, 11) is 0. The quantitative estimate of drug-likeness (QED) is 0.517. The summed E-state index contributed by atoms with van der Waals surface area (Å²) in [5.74, 6) is -0.743. The molecule has 1 aliphatic rings. The van der Waals surface area contributed by atoms with E-state index >= 15 is 0 Å². The Kier molecular flexibility index (Phi) is 10.9. The molecule has 1 aromatic rings. The van der Waals surface area contributed by atoms with Crippen LogP contribution in [0.25, 0.3) is 6.08 Å². The number of Topliss-reactive ketones (excluding diaryl/α,β-unsaturated/α-hetero) is 1. The minimum Gasteiger partial charge on any atom is -0.458 e. The van der Waals surface area contributed by atoms with E-state index < -0.39 is 35.6 Å². The Morgan fingerprint density at radius 3 is 2.31 bits per heavy atom. The maximum Gasteiger partial charge on any atom is 0.309 e. The Morgan fingerprint density at radius 2 is 1.69 bits per heavy atom. The number of aliphatic hydroxyl groups excluding tert-OH is 2. The zero-order valence-corrected chi connectivity index (χ0v) is 23.5. The molecule has 2 heterocycles. The number of hydrogen-bond donors (Lipinski definition) is 2. The molecule has 202 valence electrons. The monoisotopic (exact) mass is 501 g/mol. The number of aliphatic hydroxyl groups is 2. The van der Waals surface area contributed by atoms with Crippen LogP contribution in [0.15, 0.2) is 23.9 Å². The minimum atomic E-state index is -1.21. The number of aromatic nitrogens is 1. The molecule has 0 aliphatic carbocycles. The summed E-state index contributed by atoms with van der Waals surface area (Å²) < 4.78 is 5.94. The summed E-state index contributed by atoms with van der Waals surface area (Å²) in [5, 5.41) is 21.8. The average molecular weight is 502 g/mol. The molecule has 0 aromatic carbocycles. The molecule has 0 bridgehead atoms. The molecule has 7 atom stereocenters. The number of aryl methyl sites for hydroxylation is 1. The van der Waals surface area contributed by atoms with Crippen molar-refractivity contribution in [3.8, 4) is 0 Å². The smallest absolute Gasteiger partial charge is 0.309 e. The molecule has 1 fully saturated rings. The Hall–Kier alpha value is -2.05. The summed E-state index contributed by atoms with van der Waals surface area (Å²) in [6.07, 6.45) is 4.45. The summed E-state index contributed by atoms with van der Waals surface area (Å²) in [6.45, 7) is 15.3. The van der Waals surface area contributed by atoms with Crippen molar-refractivity contribution in [2.24, 2.45) is 29.1 Å². The topological polar surface area (TPSA) is 96.7 Å². The van der Waals surface area contributed by atoms with Crippen molar-refractivity contribution in [3.63, 3.8) is 0 Å². The van der Waals surface area contributed by atoms with E-state index in [9.17, 15) is 19.8 Å². The third-order valence-electron chi connectivity index (χ3n) is 8.30. The average Bonchev–Trinajstić information content (AvgIpc) is 2.82. The van der Waals surface area contributed by atoms with E-state index in [-0.39, 0.29) is 18.1 Å². The molecule has 0 amide bonds. The Labute approximate surface area is 217 Å². The highest BCUT2D eigenvalue weighted by atomic mass is 16.5. The van der Waals surface area contributed by atoms with E-state index in [0.29, 0.717) is 18.3 Å². The second-order valence-electron chi connectivity index (χ2n) is 11.8. The van der Waals surface area contributed by atoms with Crippen LogP contribution >= 0.6 is 0 Å². The Bertz CT molecular complexity index is 906. The maximum atomic E-state index is 13.2. The van der Waals surface area contributed by atoms with Gasteiger partial charge in [-0.25, -0.2) is 0 Å². The summed E-state index contributed by atoms with van der Waals surface area (Å²) in [4.78, 5) is 30.7. The number of hydrogen-bond acceptors (Lipinski definition) is 6. The lowest BCUT2D eigenvalue weighted by Crippen LogP contribution is -2.45. The highest BCUT2D eigenvalue weighted by molar-refractivity contribution is 5.88. The number of pyridine rings is 1. The highest BCUT2D eigenvalue weighted by Gasteiger charge is 2.42. The van der Waals surface area contributed by atoms with Crippen LogP contribution in [-0.2, 0) is 14.3 Å². The molecular weight excluding hydrogens is 454 g/mol. The van der Waals surface area contributed by atoms with Gasteiger partial charge in [-0.2, -0.15) is 0 Å². The van der Waals surface area contributed by atoms with Crippen molar-refractivity contribution in [1.29, 1.82) is 0 Å². The molecule has 1 aromatic heterocycles. The maximum absolute atomic E-state index is 13.2. The van der Waals surface area contributed by atoms with Gasteiger partial charge in [0.05, 0.1) is 29.7 Å². The van der Waals surface area contributed by atoms with Crippen LogP contribution in [0, 0.1) is 36.0 Å². The zero-order chi connectivity index (χ0) is 27.2. The van der Waals surface area contributed by atoms with Crippen molar-refractivity contribution in [2.75, 3.05) is 0 Å². The van der Waals surface area contributed by atoms with Crippen LogP contribution in [0.4, 0.5) is 0 Å². The van der Waals surface area contributed by atoms with Crippen LogP contribution in [0.2, 0.25) is 0 Å². The molecule has 36 heavy (non-hydrogen) atoms. The molecule has 1 aliphatic heterocycles. The lowest BCUT2D eigenvalue weighted by molar-refractivity contribution is -0.155. The lowest BCUT2D eigenvalue weighted by Gasteiger charge is -2.35. The SMILES string of the molecule is C/C(=C\c1ccc(C)cn1)C1CC(C)[C@@H](C)CCC[C@H](C)[C@H](O)[C@@H](C)C(=O)C(C)(C)[C@@H](O)CC(=O)O1. The van der Waals surface area contributed by atoms with Crippen LogP contribution in [-0.4, -0.2) is 45.3 Å². The number of ether oxygens (including phenoxy) is 1. The molecular formula is C30H47NO5. The van der Waals surface area contributed by atoms with E-state index in [1.165, 1.54) is 0 Å². The van der Waals surface area contributed by atoms with Crippen molar-refractivity contribution in [3.05, 3.63) is 35.2 Å². The van der Waals surface area contributed by atoms with Gasteiger partial charge in [0.25, 0.3) is 0 Å². The molecule has 0 radical (unpaired) electrons. The summed E-state index contributed by atoms with van der Waals surface area (Å²) in [5.41, 5.74) is 1.58. The van der Waals surface area contributed by atoms with Gasteiger partial charge >= 0.3 is 5.97 Å². The van der Waals surface area contributed by atoms with Gasteiger partial charge < -0.3 is 14.9 Å². The number of ketones is 1. The predicted octanol–water partition coefficient (Wildman–Crippen LogP) is 5.53. The molecule has 6 heteroatoms. The fourth-order valence-electron chi connectivity index (χ4n) is 5.02. The number of carbonyl (C=O) groups excluding carboxylic acids is 2. The van der Waals surface area contributed by atoms with E-state index in [0.717, 1.165) is 36.1 Å². The molecule has 6 nitrogen and oxygen atoms in total. The summed E-state index contributed by atoms with van der Waals surface area (Å²) in [6, 6.07) is 3.94. The molecule has 0 spiro atoms. The number of esters is 1. The van der Waals surface area contributed by atoms with Gasteiger partial charge in [0.1, 0.15) is 11.9 Å². The van der Waals surface area contributed by atoms with E-state index in [1.807, 2.05) is 45.2 Å². The number of nitrogens with zero attached hydrogens (tertiary/aromatic N) is 1. The van der Waals surface area contributed by atoms with Gasteiger partial charge in [-0.1, -0.05) is 60.5 Å². The first-order valence-corrected chi connectivity index (χ1v) is 13.4. The van der Waals surface area contributed by atoms with E-state index in [4.69, 9.17) is 4.74 Å². The molecule has 2 N–H and O–H groups in total. The van der Waals surface area contributed by atoms with Crippen molar-refractivity contribution in [2.45, 2.75) is 106 Å². The van der Waals surface area contributed by atoms with Crippen molar-refractivity contribution < 1.29 is 24.5 Å². The van der Waals surface area contributed by atoms with Crippen molar-refractivity contribution in [1.82, 2.24) is 4.98 Å². The van der Waals surface area contributed by atoms with Gasteiger partial charge in [0.2, 0.25) is 0 Å². The van der Waals surface area contributed by atoms with Crippen LogP contribution in [0.3, 0.4) is 0 Å². The summed E-state index contributed by atoms with van der Waals surface area (Å²) >= 11 is 0. The third kappa shape index (κ3) is 7.97. The number of rotatable bonds is 2. The normalized spacial score (nSPS) is 33.7. The third-order valence-corrected chi connectivity index (χ3v) is 8.30. The van der Waals surface area contributed by atoms with E-state index in [2.05, 4.69) is 18.8 Å². The van der Waals surface area contributed by atoms with Gasteiger partial charge in [-0.05, 0) is 67.7 Å². The van der Waals surface area contributed by atoms with Gasteiger partial charge in [0, 0.05) is 12.1 Å². The van der Waals surface area contributed by atoms with Gasteiger partial charge in [-0.15, -0.1) is 0 Å².